The molecule has 0 saturated carbocycles. The number of rotatable bonds is 10. The third-order valence-electron chi connectivity index (χ3n) is 3.74. The number of carbonyl (C=O) groups excluding carboxylic acids is 1. The van der Waals surface area contributed by atoms with E-state index < -0.39 is 17.9 Å². The summed E-state index contributed by atoms with van der Waals surface area (Å²) < 4.78 is 0. The van der Waals surface area contributed by atoms with Crippen LogP contribution in [-0.4, -0.2) is 23.0 Å². The molecule has 1 rings (SSSR count). The molecule has 0 fully saturated rings. The van der Waals surface area contributed by atoms with Gasteiger partial charge in [0.15, 0.2) is 0 Å². The molecule has 0 aliphatic heterocycles. The topological polar surface area (TPSA) is 66.4 Å². The van der Waals surface area contributed by atoms with Crippen molar-refractivity contribution in [1.82, 2.24) is 5.32 Å². The van der Waals surface area contributed by atoms with Crippen LogP contribution in [0.2, 0.25) is 0 Å². The fourth-order valence-corrected chi connectivity index (χ4v) is 2.38. The zero-order chi connectivity index (χ0) is 17.6. The average molecular weight is 329 g/mol. The average Bonchev–Trinajstić information content (AvgIpc) is 2.57. The van der Waals surface area contributed by atoms with E-state index in [1.807, 2.05) is 30.3 Å². The van der Waals surface area contributed by atoms with Crippen molar-refractivity contribution in [2.45, 2.75) is 64.3 Å². The highest BCUT2D eigenvalue weighted by molar-refractivity contribution is 5.96. The Hall–Kier alpha value is -2.28. The summed E-state index contributed by atoms with van der Waals surface area (Å²) in [6.07, 6.45) is 8.00. The first-order valence-corrected chi connectivity index (χ1v) is 8.69. The lowest BCUT2D eigenvalue weighted by atomic mass is 10.1. The Bertz CT molecular complexity index is 557. The van der Waals surface area contributed by atoms with Crippen molar-refractivity contribution in [1.29, 1.82) is 0 Å². The fourth-order valence-electron chi connectivity index (χ4n) is 2.38. The van der Waals surface area contributed by atoms with E-state index in [1.54, 1.807) is 0 Å². The third kappa shape index (κ3) is 8.99. The second-order valence-electron chi connectivity index (χ2n) is 5.87. The number of carboxylic acid groups (broad SMARTS) is 1. The Kier molecular flexibility index (Phi) is 10.0. The molecule has 0 bridgehead atoms. The van der Waals surface area contributed by atoms with Crippen LogP contribution in [0.1, 0.15) is 57.4 Å². The highest BCUT2D eigenvalue weighted by Crippen LogP contribution is 2.06. The summed E-state index contributed by atoms with van der Waals surface area (Å²) in [6, 6.07) is 8.28. The van der Waals surface area contributed by atoms with Gasteiger partial charge in [0.05, 0.1) is 0 Å². The second kappa shape index (κ2) is 12.2. The number of nitrogens with one attached hydrogen (secondary N) is 1. The quantitative estimate of drug-likeness (QED) is 0.509. The summed E-state index contributed by atoms with van der Waals surface area (Å²) in [4.78, 5) is 23.1. The van der Waals surface area contributed by atoms with Gasteiger partial charge in [-0.3, -0.25) is 4.79 Å². The number of unbranched alkanes of at least 4 members (excludes halogenated alkanes) is 6. The molecule has 0 radical (unpaired) electrons. The largest absolute Gasteiger partial charge is 0.480 e. The number of amides is 1. The van der Waals surface area contributed by atoms with Crippen LogP contribution in [0.5, 0.6) is 0 Å². The summed E-state index contributed by atoms with van der Waals surface area (Å²) in [5.41, 5.74) is 0.866. The van der Waals surface area contributed by atoms with Gasteiger partial charge in [-0.05, 0) is 17.9 Å². The summed E-state index contributed by atoms with van der Waals surface area (Å²) in [5.74, 6) is 3.75. The van der Waals surface area contributed by atoms with Crippen LogP contribution < -0.4 is 5.32 Å². The number of carboxylic acids is 1. The molecule has 4 heteroatoms. The molecule has 1 aromatic carbocycles. The third-order valence-corrected chi connectivity index (χ3v) is 3.74. The summed E-state index contributed by atoms with van der Waals surface area (Å²) in [7, 11) is 0. The molecule has 0 unspecified atom stereocenters. The molecule has 4 nitrogen and oxygen atoms in total. The van der Waals surface area contributed by atoms with Gasteiger partial charge in [0.2, 0.25) is 0 Å². The molecule has 1 aromatic rings. The first-order chi connectivity index (χ1) is 11.6. The first kappa shape index (κ1) is 19.8. The van der Waals surface area contributed by atoms with Crippen molar-refractivity contribution in [2.75, 3.05) is 0 Å². The molecule has 0 aromatic heterocycles. The van der Waals surface area contributed by atoms with E-state index in [4.69, 9.17) is 0 Å². The number of hydrogen-bond acceptors (Lipinski definition) is 2. The Labute approximate surface area is 144 Å². The van der Waals surface area contributed by atoms with E-state index in [2.05, 4.69) is 24.1 Å². The highest BCUT2D eigenvalue weighted by atomic mass is 16.4. The molecule has 0 aliphatic carbocycles. The Morgan fingerprint density at radius 1 is 1.08 bits per heavy atom. The monoisotopic (exact) mass is 329 g/mol. The van der Waals surface area contributed by atoms with Crippen LogP contribution >= 0.6 is 0 Å². The zero-order valence-electron chi connectivity index (χ0n) is 14.4. The second-order valence-corrected chi connectivity index (χ2v) is 5.87. The number of carbonyl (C=O) groups is 2. The smallest absolute Gasteiger partial charge is 0.326 e. The lowest BCUT2D eigenvalue weighted by molar-refractivity contribution is -0.141. The Morgan fingerprint density at radius 3 is 2.42 bits per heavy atom. The van der Waals surface area contributed by atoms with Crippen molar-refractivity contribution in [3.05, 3.63) is 35.9 Å². The molecule has 0 saturated heterocycles. The first-order valence-electron chi connectivity index (χ1n) is 8.69. The Morgan fingerprint density at radius 2 is 1.75 bits per heavy atom. The molecule has 0 heterocycles. The van der Waals surface area contributed by atoms with Gasteiger partial charge in [-0.2, -0.15) is 0 Å². The van der Waals surface area contributed by atoms with Crippen molar-refractivity contribution < 1.29 is 14.7 Å². The van der Waals surface area contributed by atoms with E-state index in [0.29, 0.717) is 6.42 Å². The maximum atomic E-state index is 11.8. The molecule has 130 valence electrons. The lowest BCUT2D eigenvalue weighted by Gasteiger charge is -2.12. The molecule has 0 aliphatic rings. The van der Waals surface area contributed by atoms with Gasteiger partial charge in [-0.25, -0.2) is 4.79 Å². The summed E-state index contributed by atoms with van der Waals surface area (Å²) >= 11 is 0. The van der Waals surface area contributed by atoms with Crippen molar-refractivity contribution >= 4 is 11.9 Å². The predicted octanol–water partition coefficient (Wildman–Crippen LogP) is 3.55. The van der Waals surface area contributed by atoms with Gasteiger partial charge in [0.25, 0.3) is 5.91 Å². The number of benzene rings is 1. The van der Waals surface area contributed by atoms with Crippen LogP contribution in [0, 0.1) is 11.8 Å². The molecule has 1 atom stereocenters. The molecule has 2 N–H and O–H groups in total. The standard InChI is InChI=1S/C20H27NO3/c1-2-3-4-5-6-7-8-12-15-19(22)21-18(20(23)24)16-17-13-10-9-11-14-17/h9-11,13-14,18H,2-8,16H2,1H3,(H,21,22)(H,23,24)/t18-/m0/s1. The minimum atomic E-state index is -1.05. The lowest BCUT2D eigenvalue weighted by Crippen LogP contribution is -2.41. The maximum absolute atomic E-state index is 11.8. The molecule has 24 heavy (non-hydrogen) atoms. The molecular formula is C20H27NO3. The SMILES string of the molecule is CCCCCCCCC#CC(=O)N[C@@H](Cc1ccccc1)C(=O)O. The van der Waals surface area contributed by atoms with Gasteiger partial charge < -0.3 is 10.4 Å². The van der Waals surface area contributed by atoms with Gasteiger partial charge in [-0.15, -0.1) is 0 Å². The van der Waals surface area contributed by atoms with Crippen LogP contribution in [0.25, 0.3) is 0 Å². The number of hydrogen-bond donors (Lipinski definition) is 2. The van der Waals surface area contributed by atoms with Crippen LogP contribution in [0.4, 0.5) is 0 Å². The summed E-state index contributed by atoms with van der Waals surface area (Å²) in [6.45, 7) is 2.19. The van der Waals surface area contributed by atoms with Gasteiger partial charge in [0.1, 0.15) is 6.04 Å². The minimum absolute atomic E-state index is 0.251. The fraction of sp³-hybridized carbons (Fsp3) is 0.500. The van der Waals surface area contributed by atoms with Crippen LogP contribution in [0.15, 0.2) is 30.3 Å². The van der Waals surface area contributed by atoms with E-state index in [1.165, 1.54) is 25.7 Å². The van der Waals surface area contributed by atoms with Gasteiger partial charge in [0, 0.05) is 12.8 Å². The predicted molar refractivity (Wildman–Crippen MR) is 95.5 cm³/mol. The minimum Gasteiger partial charge on any atom is -0.480 e. The van der Waals surface area contributed by atoms with Gasteiger partial charge >= 0.3 is 5.97 Å². The zero-order valence-corrected chi connectivity index (χ0v) is 14.4. The van der Waals surface area contributed by atoms with E-state index in [0.717, 1.165) is 18.4 Å². The Balaban J connectivity index is 2.33. The van der Waals surface area contributed by atoms with E-state index in [-0.39, 0.29) is 6.42 Å². The molecule has 1 amide bonds. The van der Waals surface area contributed by atoms with Crippen molar-refractivity contribution in [2.24, 2.45) is 0 Å². The molecular weight excluding hydrogens is 302 g/mol. The summed E-state index contributed by atoms with van der Waals surface area (Å²) in [5, 5.41) is 11.7. The number of aliphatic carboxylic acids is 1. The highest BCUT2D eigenvalue weighted by Gasteiger charge is 2.19. The van der Waals surface area contributed by atoms with E-state index in [9.17, 15) is 14.7 Å². The maximum Gasteiger partial charge on any atom is 0.326 e. The van der Waals surface area contributed by atoms with Crippen LogP contribution in [-0.2, 0) is 16.0 Å². The van der Waals surface area contributed by atoms with Crippen molar-refractivity contribution in [3.63, 3.8) is 0 Å². The van der Waals surface area contributed by atoms with Crippen LogP contribution in [0.3, 0.4) is 0 Å². The van der Waals surface area contributed by atoms with E-state index >= 15 is 0 Å². The molecule has 0 spiro atoms. The van der Waals surface area contributed by atoms with Crippen molar-refractivity contribution in [3.8, 4) is 11.8 Å². The normalized spacial score (nSPS) is 11.2. The van der Waals surface area contributed by atoms with Gasteiger partial charge in [-0.1, -0.05) is 75.3 Å².